The predicted molar refractivity (Wildman–Crippen MR) is 113 cm³/mol. The first-order chi connectivity index (χ1) is 14.6. The second kappa shape index (κ2) is 9.19. The van der Waals surface area contributed by atoms with Crippen LogP contribution in [0.1, 0.15) is 6.92 Å². The first kappa shape index (κ1) is 23.0. The fourth-order valence-corrected chi connectivity index (χ4v) is 3.96. The Balaban J connectivity index is 2.06. The normalized spacial score (nSPS) is 12.6. The zero-order valence-electron chi connectivity index (χ0n) is 16.4. The second-order valence-corrected chi connectivity index (χ2v) is 8.18. The first-order valence-corrected chi connectivity index (χ1v) is 10.2. The molecular formula is C20H17ClF3N3O3S. The smallest absolute Gasteiger partial charge is 0.405 e. The Bertz CT molecular complexity index is 1180. The number of para-hydroxylation sites is 1. The average Bonchev–Trinajstić information content (AvgIpc) is 2.71. The topological polar surface area (TPSA) is 73.2 Å². The van der Waals surface area contributed by atoms with E-state index in [0.717, 1.165) is 11.8 Å². The van der Waals surface area contributed by atoms with Crippen molar-refractivity contribution in [2.75, 3.05) is 13.7 Å². The molecule has 1 heterocycles. The number of hydrogen-bond acceptors (Lipinski definition) is 5. The number of methoxy groups -OCH3 is 1. The van der Waals surface area contributed by atoms with Gasteiger partial charge in [-0.1, -0.05) is 35.5 Å². The maximum absolute atomic E-state index is 13.2. The minimum absolute atomic E-state index is 0.139. The van der Waals surface area contributed by atoms with E-state index in [4.69, 9.17) is 16.3 Å². The molecule has 0 saturated heterocycles. The lowest BCUT2D eigenvalue weighted by atomic mass is 10.2. The van der Waals surface area contributed by atoms with Crippen LogP contribution >= 0.6 is 23.4 Å². The van der Waals surface area contributed by atoms with Crippen molar-refractivity contribution in [2.45, 2.75) is 23.5 Å². The molecule has 31 heavy (non-hydrogen) atoms. The number of halogens is 4. The van der Waals surface area contributed by atoms with Crippen LogP contribution in [0.4, 0.5) is 13.2 Å². The van der Waals surface area contributed by atoms with E-state index in [1.165, 1.54) is 24.7 Å². The summed E-state index contributed by atoms with van der Waals surface area (Å²) < 4.78 is 43.7. The Hall–Kier alpha value is -2.72. The summed E-state index contributed by atoms with van der Waals surface area (Å²) in [7, 11) is 1.45. The number of ether oxygens (including phenoxy) is 1. The van der Waals surface area contributed by atoms with Crippen molar-refractivity contribution < 1.29 is 22.7 Å². The van der Waals surface area contributed by atoms with E-state index in [9.17, 15) is 22.8 Å². The minimum Gasteiger partial charge on any atom is -0.495 e. The van der Waals surface area contributed by atoms with Gasteiger partial charge in [-0.3, -0.25) is 14.2 Å². The molecule has 11 heteroatoms. The molecule has 3 aromatic rings. The van der Waals surface area contributed by atoms with Crippen molar-refractivity contribution in [2.24, 2.45) is 0 Å². The van der Waals surface area contributed by atoms with Gasteiger partial charge in [0.05, 0.1) is 34.0 Å². The van der Waals surface area contributed by atoms with Gasteiger partial charge in [-0.2, -0.15) is 13.2 Å². The van der Waals surface area contributed by atoms with Crippen molar-refractivity contribution in [1.29, 1.82) is 0 Å². The number of thioether (sulfide) groups is 1. The number of aromatic nitrogens is 2. The van der Waals surface area contributed by atoms with Crippen molar-refractivity contribution in [1.82, 2.24) is 14.9 Å². The molecule has 0 fully saturated rings. The van der Waals surface area contributed by atoms with Crippen LogP contribution in [0.3, 0.4) is 0 Å². The molecule has 1 aromatic heterocycles. The Morgan fingerprint density at radius 2 is 2.00 bits per heavy atom. The third-order valence-electron chi connectivity index (χ3n) is 4.25. The van der Waals surface area contributed by atoms with Crippen molar-refractivity contribution in [3.8, 4) is 11.4 Å². The monoisotopic (exact) mass is 471 g/mol. The standard InChI is InChI=1S/C20H17ClF3N3O3S/c1-11(17(28)25-10-20(22,23)24)31-19-26-15-6-4-3-5-13(15)18(29)27(19)12-7-8-16(30-2)14(21)9-12/h3-9,11H,10H2,1-2H3,(H,25,28). The van der Waals surface area contributed by atoms with Gasteiger partial charge in [0.2, 0.25) is 5.91 Å². The molecule has 1 unspecified atom stereocenters. The largest absolute Gasteiger partial charge is 0.495 e. The number of carbonyl (C=O) groups excluding carboxylic acids is 1. The number of rotatable bonds is 6. The van der Waals surface area contributed by atoms with Crippen molar-refractivity contribution >= 4 is 40.2 Å². The zero-order valence-corrected chi connectivity index (χ0v) is 17.9. The second-order valence-electron chi connectivity index (χ2n) is 6.46. The molecule has 0 radical (unpaired) electrons. The molecule has 0 aliphatic carbocycles. The van der Waals surface area contributed by atoms with E-state index in [1.54, 1.807) is 36.4 Å². The molecular weight excluding hydrogens is 455 g/mol. The number of hydrogen-bond donors (Lipinski definition) is 1. The number of carbonyl (C=O) groups is 1. The summed E-state index contributed by atoms with van der Waals surface area (Å²) in [4.78, 5) is 29.8. The highest BCUT2D eigenvalue weighted by atomic mass is 35.5. The van der Waals surface area contributed by atoms with E-state index in [0.29, 0.717) is 22.3 Å². The molecule has 3 rings (SSSR count). The molecule has 164 valence electrons. The molecule has 0 spiro atoms. The lowest BCUT2D eigenvalue weighted by Gasteiger charge is -2.17. The van der Waals surface area contributed by atoms with E-state index in [1.807, 2.05) is 5.32 Å². The minimum atomic E-state index is -4.52. The van der Waals surface area contributed by atoms with E-state index < -0.39 is 29.4 Å². The number of nitrogens with one attached hydrogen (secondary N) is 1. The number of amides is 1. The van der Waals surface area contributed by atoms with Crippen LogP contribution in [-0.2, 0) is 4.79 Å². The first-order valence-electron chi connectivity index (χ1n) is 8.97. The van der Waals surface area contributed by atoms with E-state index in [-0.39, 0.29) is 10.2 Å². The molecule has 1 N–H and O–H groups in total. The molecule has 2 aromatic carbocycles. The Morgan fingerprint density at radius 1 is 1.29 bits per heavy atom. The number of nitrogens with zero attached hydrogens (tertiary/aromatic N) is 2. The molecule has 1 amide bonds. The van der Waals surface area contributed by atoms with Gasteiger partial charge in [-0.05, 0) is 37.3 Å². The highest BCUT2D eigenvalue weighted by Crippen LogP contribution is 2.30. The fourth-order valence-electron chi connectivity index (χ4n) is 2.76. The molecule has 6 nitrogen and oxygen atoms in total. The highest BCUT2D eigenvalue weighted by Gasteiger charge is 2.29. The highest BCUT2D eigenvalue weighted by molar-refractivity contribution is 8.00. The van der Waals surface area contributed by atoms with Gasteiger partial charge < -0.3 is 10.1 Å². The summed E-state index contributed by atoms with van der Waals surface area (Å²) in [5.74, 6) is -0.426. The molecule has 0 aliphatic heterocycles. The van der Waals surface area contributed by atoms with Crippen molar-refractivity contribution in [3.63, 3.8) is 0 Å². The number of fused-ring (bicyclic) bond motifs is 1. The van der Waals surface area contributed by atoms with Gasteiger partial charge >= 0.3 is 6.18 Å². The predicted octanol–water partition coefficient (Wildman–Crippen LogP) is 4.21. The van der Waals surface area contributed by atoms with Gasteiger partial charge in [0.25, 0.3) is 5.56 Å². The number of alkyl halides is 3. The summed E-state index contributed by atoms with van der Waals surface area (Å²) in [5.41, 5.74) is 0.366. The Kier molecular flexibility index (Phi) is 6.80. The van der Waals surface area contributed by atoms with Crippen LogP contribution in [0.25, 0.3) is 16.6 Å². The summed E-state index contributed by atoms with van der Waals surface area (Å²) in [5, 5.41) is 1.63. The van der Waals surface area contributed by atoms with Crippen LogP contribution in [-0.4, -0.2) is 40.5 Å². The maximum Gasteiger partial charge on any atom is 0.405 e. The molecule has 0 saturated carbocycles. The van der Waals surface area contributed by atoms with Crippen molar-refractivity contribution in [3.05, 3.63) is 57.8 Å². The SMILES string of the molecule is COc1ccc(-n2c(SC(C)C(=O)NCC(F)(F)F)nc3ccccc3c2=O)cc1Cl. The fraction of sp³-hybridized carbons (Fsp3) is 0.250. The molecule has 1 atom stereocenters. The summed E-state index contributed by atoms with van der Waals surface area (Å²) in [6, 6.07) is 11.3. The van der Waals surface area contributed by atoms with Gasteiger partial charge in [0, 0.05) is 0 Å². The summed E-state index contributed by atoms with van der Waals surface area (Å²) in [6.07, 6.45) is -4.52. The van der Waals surface area contributed by atoms with Crippen LogP contribution in [0.15, 0.2) is 52.4 Å². The van der Waals surface area contributed by atoms with Gasteiger partial charge in [0.15, 0.2) is 5.16 Å². The van der Waals surface area contributed by atoms with Crippen LogP contribution < -0.4 is 15.6 Å². The Labute approximate surface area is 184 Å². The quantitative estimate of drug-likeness (QED) is 0.431. The third-order valence-corrected chi connectivity index (χ3v) is 5.60. The van der Waals surface area contributed by atoms with Crippen LogP contribution in [0.5, 0.6) is 5.75 Å². The van der Waals surface area contributed by atoms with Gasteiger partial charge in [-0.15, -0.1) is 0 Å². The van der Waals surface area contributed by atoms with Crippen LogP contribution in [0.2, 0.25) is 5.02 Å². The van der Waals surface area contributed by atoms with Gasteiger partial charge in [0.1, 0.15) is 12.3 Å². The van der Waals surface area contributed by atoms with Crippen LogP contribution in [0, 0.1) is 0 Å². The zero-order chi connectivity index (χ0) is 22.8. The van der Waals surface area contributed by atoms with Gasteiger partial charge in [-0.25, -0.2) is 4.98 Å². The average molecular weight is 472 g/mol. The lowest BCUT2D eigenvalue weighted by Crippen LogP contribution is -2.38. The molecule has 0 bridgehead atoms. The van der Waals surface area contributed by atoms with E-state index in [2.05, 4.69) is 4.98 Å². The summed E-state index contributed by atoms with van der Waals surface area (Å²) >= 11 is 7.07. The Morgan fingerprint density at radius 3 is 2.65 bits per heavy atom. The molecule has 0 aliphatic rings. The summed E-state index contributed by atoms with van der Waals surface area (Å²) in [6.45, 7) is -0.00810. The maximum atomic E-state index is 13.2. The lowest BCUT2D eigenvalue weighted by molar-refractivity contribution is -0.137. The van der Waals surface area contributed by atoms with E-state index >= 15 is 0 Å². The third kappa shape index (κ3) is 5.31. The number of benzene rings is 2.